The summed E-state index contributed by atoms with van der Waals surface area (Å²) in [5.74, 6) is -0.445. The molecular weight excluding hydrogens is 380 g/mol. The summed E-state index contributed by atoms with van der Waals surface area (Å²) in [7, 11) is 0. The average Bonchev–Trinajstić information content (AvgIpc) is 3.30. The molecule has 1 N–H and O–H groups in total. The summed E-state index contributed by atoms with van der Waals surface area (Å²) < 4.78 is 0. The van der Waals surface area contributed by atoms with Crippen molar-refractivity contribution in [3.8, 4) is 0 Å². The average molecular weight is 398 g/mol. The van der Waals surface area contributed by atoms with E-state index in [2.05, 4.69) is 20.4 Å². The summed E-state index contributed by atoms with van der Waals surface area (Å²) in [5, 5.41) is 6.78. The third kappa shape index (κ3) is 4.64. The molecule has 1 atom stereocenters. The van der Waals surface area contributed by atoms with Crippen LogP contribution in [-0.4, -0.2) is 33.5 Å². The fourth-order valence-electron chi connectivity index (χ4n) is 2.89. The molecule has 7 nitrogen and oxygen atoms in total. The van der Waals surface area contributed by atoms with E-state index in [4.69, 9.17) is 4.84 Å². The highest BCUT2D eigenvalue weighted by Gasteiger charge is 2.29. The number of ketones is 1. The molecule has 4 rings (SSSR count). The number of nitrogens with one attached hydrogen (secondary N) is 1. The van der Waals surface area contributed by atoms with E-state index < -0.39 is 6.10 Å². The Morgan fingerprint density at radius 2 is 1.90 bits per heavy atom. The second kappa shape index (κ2) is 8.91. The van der Waals surface area contributed by atoms with Crippen LogP contribution in [0.3, 0.4) is 0 Å². The molecule has 3 heterocycles. The Hall–Kier alpha value is -4.13. The lowest BCUT2D eigenvalue weighted by Crippen LogP contribution is -2.28. The topological polar surface area (TPSA) is 93.5 Å². The molecule has 2 aromatic heterocycles. The van der Waals surface area contributed by atoms with Gasteiger partial charge in [-0.25, -0.2) is 0 Å². The second-order valence-electron chi connectivity index (χ2n) is 6.60. The number of amides is 1. The van der Waals surface area contributed by atoms with Gasteiger partial charge in [0.2, 0.25) is 6.10 Å². The van der Waals surface area contributed by atoms with Gasteiger partial charge in [-0.3, -0.25) is 19.6 Å². The van der Waals surface area contributed by atoms with Crippen molar-refractivity contribution in [1.82, 2.24) is 9.97 Å². The van der Waals surface area contributed by atoms with Gasteiger partial charge in [-0.05, 0) is 60.7 Å². The van der Waals surface area contributed by atoms with E-state index in [1.807, 2.05) is 24.3 Å². The van der Waals surface area contributed by atoms with Crippen molar-refractivity contribution in [2.24, 2.45) is 5.16 Å². The van der Waals surface area contributed by atoms with Crippen LogP contribution >= 0.6 is 0 Å². The lowest BCUT2D eigenvalue weighted by molar-refractivity contribution is -0.125. The van der Waals surface area contributed by atoms with Crippen LogP contribution in [0.15, 0.2) is 84.4 Å². The fraction of sp³-hybridized carbons (Fsp3) is 0.0870. The fourth-order valence-corrected chi connectivity index (χ4v) is 2.89. The molecule has 1 aromatic carbocycles. The van der Waals surface area contributed by atoms with E-state index in [0.29, 0.717) is 29.1 Å². The lowest BCUT2D eigenvalue weighted by atomic mass is 10.1. The number of oxime groups is 1. The number of carbonyl (C=O) groups excluding carboxylic acids is 2. The second-order valence-corrected chi connectivity index (χ2v) is 6.60. The zero-order valence-corrected chi connectivity index (χ0v) is 15.9. The molecule has 3 aromatic rings. The zero-order chi connectivity index (χ0) is 20.8. The first-order valence-electron chi connectivity index (χ1n) is 9.36. The van der Waals surface area contributed by atoms with Crippen LogP contribution in [0.1, 0.15) is 28.0 Å². The highest BCUT2D eigenvalue weighted by molar-refractivity contribution is 6.08. The predicted octanol–water partition coefficient (Wildman–Crippen LogP) is 3.50. The van der Waals surface area contributed by atoms with Crippen LogP contribution in [0.2, 0.25) is 0 Å². The minimum Gasteiger partial charge on any atom is -0.382 e. The maximum atomic E-state index is 12.5. The van der Waals surface area contributed by atoms with Gasteiger partial charge in [0.15, 0.2) is 5.78 Å². The SMILES string of the molecule is O=C(/C=C/c1ccccn1)c1ccc(NC(=O)C2CC(c3cccnc3)=NO2)cc1. The number of aromatic nitrogens is 2. The Bertz CT molecular complexity index is 1090. The van der Waals surface area contributed by atoms with Crippen molar-refractivity contribution in [2.75, 3.05) is 5.32 Å². The number of allylic oxidation sites excluding steroid dienone is 1. The van der Waals surface area contributed by atoms with E-state index in [-0.39, 0.29) is 11.7 Å². The maximum absolute atomic E-state index is 12.5. The quantitative estimate of drug-likeness (QED) is 0.507. The van der Waals surface area contributed by atoms with Gasteiger partial charge in [-0.15, -0.1) is 0 Å². The molecule has 0 spiro atoms. The molecule has 7 heteroatoms. The van der Waals surface area contributed by atoms with Crippen molar-refractivity contribution in [2.45, 2.75) is 12.5 Å². The Kier molecular flexibility index (Phi) is 5.70. The van der Waals surface area contributed by atoms with Crippen LogP contribution in [0.4, 0.5) is 5.69 Å². The van der Waals surface area contributed by atoms with Gasteiger partial charge in [-0.1, -0.05) is 11.2 Å². The molecule has 0 saturated carbocycles. The van der Waals surface area contributed by atoms with Crippen molar-refractivity contribution in [3.05, 3.63) is 96.1 Å². The number of hydrogen-bond donors (Lipinski definition) is 1. The summed E-state index contributed by atoms with van der Waals surface area (Å²) in [6, 6.07) is 15.8. The molecule has 1 aliphatic heterocycles. The third-order valence-electron chi connectivity index (χ3n) is 4.49. The number of nitrogens with zero attached hydrogens (tertiary/aromatic N) is 3. The molecule has 0 radical (unpaired) electrons. The van der Waals surface area contributed by atoms with Gasteiger partial charge >= 0.3 is 0 Å². The molecule has 1 unspecified atom stereocenters. The van der Waals surface area contributed by atoms with E-state index >= 15 is 0 Å². The molecule has 30 heavy (non-hydrogen) atoms. The van der Waals surface area contributed by atoms with Crippen LogP contribution < -0.4 is 5.32 Å². The molecule has 0 saturated heterocycles. The highest BCUT2D eigenvalue weighted by atomic mass is 16.6. The van der Waals surface area contributed by atoms with Gasteiger partial charge in [-0.2, -0.15) is 0 Å². The third-order valence-corrected chi connectivity index (χ3v) is 4.49. The van der Waals surface area contributed by atoms with Crippen LogP contribution in [0.25, 0.3) is 6.08 Å². The molecule has 148 valence electrons. The number of carbonyl (C=O) groups is 2. The summed E-state index contributed by atoms with van der Waals surface area (Å²) in [6.45, 7) is 0. The first kappa shape index (κ1) is 19.2. The van der Waals surface area contributed by atoms with Crippen molar-refractivity contribution in [3.63, 3.8) is 0 Å². The van der Waals surface area contributed by atoms with E-state index in [9.17, 15) is 9.59 Å². The zero-order valence-electron chi connectivity index (χ0n) is 15.9. The number of anilines is 1. The first-order chi connectivity index (χ1) is 14.7. The van der Waals surface area contributed by atoms with Gasteiger partial charge < -0.3 is 10.2 Å². The smallest absolute Gasteiger partial charge is 0.268 e. The Labute approximate surface area is 173 Å². The number of rotatable bonds is 6. The van der Waals surface area contributed by atoms with E-state index in [1.165, 1.54) is 6.08 Å². The minimum absolute atomic E-state index is 0.146. The molecule has 0 bridgehead atoms. The molecule has 1 amide bonds. The monoisotopic (exact) mass is 398 g/mol. The van der Waals surface area contributed by atoms with Crippen LogP contribution in [0.5, 0.6) is 0 Å². The molecule has 0 fully saturated rings. The summed E-state index contributed by atoms with van der Waals surface area (Å²) >= 11 is 0. The Morgan fingerprint density at radius 1 is 1.03 bits per heavy atom. The Balaban J connectivity index is 1.33. The van der Waals surface area contributed by atoms with Crippen molar-refractivity contribution >= 4 is 29.2 Å². The van der Waals surface area contributed by atoms with E-state index in [1.54, 1.807) is 55.0 Å². The standard InChI is InChI=1S/C23H18N4O3/c28-21(11-10-18-5-1-2-13-25-18)16-6-8-19(9-7-16)26-23(29)22-14-20(27-30-22)17-4-3-12-24-15-17/h1-13,15,22H,14H2,(H,26,29)/b11-10+. The van der Waals surface area contributed by atoms with Crippen molar-refractivity contribution in [1.29, 1.82) is 0 Å². The Morgan fingerprint density at radius 3 is 2.63 bits per heavy atom. The highest BCUT2D eigenvalue weighted by Crippen LogP contribution is 2.18. The summed E-state index contributed by atoms with van der Waals surface area (Å²) in [4.78, 5) is 38.2. The molecular formula is C23H18N4O3. The minimum atomic E-state index is -0.706. The number of pyridine rings is 2. The predicted molar refractivity (Wildman–Crippen MR) is 113 cm³/mol. The molecule has 1 aliphatic rings. The van der Waals surface area contributed by atoms with Gasteiger partial charge in [0.1, 0.15) is 0 Å². The normalized spacial score (nSPS) is 15.5. The van der Waals surface area contributed by atoms with Gasteiger partial charge in [0, 0.05) is 41.8 Å². The largest absolute Gasteiger partial charge is 0.382 e. The first-order valence-corrected chi connectivity index (χ1v) is 9.36. The number of benzene rings is 1. The van der Waals surface area contributed by atoms with Crippen molar-refractivity contribution < 1.29 is 14.4 Å². The van der Waals surface area contributed by atoms with Crippen LogP contribution in [0, 0.1) is 0 Å². The summed E-state index contributed by atoms with van der Waals surface area (Å²) in [5.41, 5.74) is 3.31. The lowest BCUT2D eigenvalue weighted by Gasteiger charge is -2.09. The summed E-state index contributed by atoms with van der Waals surface area (Å²) in [6.07, 6.45) is 7.82. The maximum Gasteiger partial charge on any atom is 0.268 e. The molecule has 0 aliphatic carbocycles. The van der Waals surface area contributed by atoms with Gasteiger partial charge in [0.05, 0.1) is 11.4 Å². The number of hydrogen-bond acceptors (Lipinski definition) is 6. The van der Waals surface area contributed by atoms with Crippen LogP contribution in [-0.2, 0) is 9.63 Å². The van der Waals surface area contributed by atoms with E-state index in [0.717, 1.165) is 5.56 Å². The van der Waals surface area contributed by atoms with Gasteiger partial charge in [0.25, 0.3) is 5.91 Å².